The van der Waals surface area contributed by atoms with Gasteiger partial charge < -0.3 is 15.0 Å². The Morgan fingerprint density at radius 1 is 1.02 bits per heavy atom. The highest BCUT2D eigenvalue weighted by Gasteiger charge is 2.35. The first kappa shape index (κ1) is 36.9. The smallest absolute Gasteiger partial charge is 0.273 e. The maximum atomic E-state index is 14.3. The van der Waals surface area contributed by atoms with E-state index in [0.29, 0.717) is 17.1 Å². The topological polar surface area (TPSA) is 139 Å². The fourth-order valence-electron chi connectivity index (χ4n) is 4.71. The van der Waals surface area contributed by atoms with E-state index in [4.69, 9.17) is 39.5 Å². The van der Waals surface area contributed by atoms with E-state index in [1.807, 2.05) is 6.92 Å². The van der Waals surface area contributed by atoms with Crippen LogP contribution >= 0.6 is 34.8 Å². The third kappa shape index (κ3) is 8.81. The van der Waals surface area contributed by atoms with Crippen molar-refractivity contribution in [1.82, 2.24) is 10.2 Å². The van der Waals surface area contributed by atoms with Gasteiger partial charge in [0.2, 0.25) is 11.8 Å². The number of carbonyl (C=O) groups is 2. The molecule has 1 N–H and O–H groups in total. The molecule has 0 aliphatic carbocycles. The Balaban J connectivity index is 2.18. The van der Waals surface area contributed by atoms with Gasteiger partial charge >= 0.3 is 0 Å². The molecule has 0 radical (unpaired) electrons. The number of hydrogen-bond donors (Lipinski definition) is 1. The van der Waals surface area contributed by atoms with E-state index in [9.17, 15) is 28.1 Å². The van der Waals surface area contributed by atoms with Crippen LogP contribution in [0.25, 0.3) is 0 Å². The summed E-state index contributed by atoms with van der Waals surface area (Å²) in [5, 5.41) is 15.2. The highest BCUT2D eigenvalue weighted by Crippen LogP contribution is 2.36. The fraction of sp³-hybridized carbons (Fsp3) is 0.355. The molecule has 0 saturated heterocycles. The first-order valence-corrected chi connectivity index (χ1v) is 16.9. The number of nitrogens with one attached hydrogen (secondary N) is 1. The number of aryl methyl sites for hydroxylation is 1. The summed E-state index contributed by atoms with van der Waals surface area (Å²) >= 11 is 18.6. The number of nitrogens with zero attached hydrogens (tertiary/aromatic N) is 3. The van der Waals surface area contributed by atoms with Gasteiger partial charge in [0.15, 0.2) is 0 Å². The SMILES string of the molecule is CCCCNC(=O)[C@@H](CC)N(Cc1ccc(Cl)c(Cl)c1)C(=O)CN(c1cc(Cl)ccc1OC)S(=O)(=O)c1ccc(C)c([N+](=O)[O-])c1. The lowest BCUT2D eigenvalue weighted by atomic mass is 10.1. The average molecular weight is 714 g/mol. The van der Waals surface area contributed by atoms with Crippen LogP contribution in [-0.2, 0) is 26.2 Å². The van der Waals surface area contributed by atoms with E-state index in [1.165, 1.54) is 49.3 Å². The number of unbranched alkanes of at least 4 members (excludes halogenated alkanes) is 1. The monoisotopic (exact) mass is 712 g/mol. The number of nitro benzene ring substituents is 1. The molecule has 3 rings (SSSR count). The summed E-state index contributed by atoms with van der Waals surface area (Å²) in [7, 11) is -3.34. The van der Waals surface area contributed by atoms with Crippen molar-refractivity contribution in [3.8, 4) is 5.75 Å². The molecule has 0 fully saturated rings. The van der Waals surface area contributed by atoms with Crippen LogP contribution in [0, 0.1) is 17.0 Å². The van der Waals surface area contributed by atoms with Crippen molar-refractivity contribution in [3.05, 3.63) is 90.9 Å². The van der Waals surface area contributed by atoms with Crippen LogP contribution < -0.4 is 14.4 Å². The quantitative estimate of drug-likeness (QED) is 0.104. The molecule has 0 saturated carbocycles. The predicted octanol–water partition coefficient (Wildman–Crippen LogP) is 6.79. The number of hydrogen-bond acceptors (Lipinski definition) is 7. The zero-order valence-corrected chi connectivity index (χ0v) is 28.8. The summed E-state index contributed by atoms with van der Waals surface area (Å²) in [6, 6.07) is 11.5. The Kier molecular flexibility index (Phi) is 13.1. The minimum absolute atomic E-state index is 0.0720. The molecule has 3 aromatic rings. The molecule has 0 heterocycles. The van der Waals surface area contributed by atoms with Gasteiger partial charge in [0.25, 0.3) is 15.7 Å². The number of carbonyl (C=O) groups excluding carboxylic acids is 2. The zero-order valence-electron chi connectivity index (χ0n) is 25.8. The van der Waals surface area contributed by atoms with Crippen LogP contribution in [0.15, 0.2) is 59.5 Å². The number of rotatable bonds is 15. The Morgan fingerprint density at radius 3 is 2.35 bits per heavy atom. The van der Waals surface area contributed by atoms with Gasteiger partial charge in [-0.2, -0.15) is 0 Å². The average Bonchev–Trinajstić information content (AvgIpc) is 3.01. The maximum Gasteiger partial charge on any atom is 0.273 e. The van der Waals surface area contributed by atoms with Gasteiger partial charge in [-0.3, -0.25) is 24.0 Å². The van der Waals surface area contributed by atoms with Crippen molar-refractivity contribution >= 4 is 68.0 Å². The van der Waals surface area contributed by atoms with E-state index in [0.717, 1.165) is 23.2 Å². The normalized spacial score (nSPS) is 11.9. The number of ether oxygens (including phenoxy) is 1. The number of sulfonamides is 1. The van der Waals surface area contributed by atoms with Crippen molar-refractivity contribution in [3.63, 3.8) is 0 Å². The molecule has 0 spiro atoms. The van der Waals surface area contributed by atoms with Crippen LogP contribution in [0.4, 0.5) is 11.4 Å². The molecule has 46 heavy (non-hydrogen) atoms. The molecule has 3 aromatic carbocycles. The third-order valence-corrected chi connectivity index (χ3v) is 9.94. The van der Waals surface area contributed by atoms with Gasteiger partial charge in [-0.25, -0.2) is 8.42 Å². The number of halogens is 3. The van der Waals surface area contributed by atoms with Crippen molar-refractivity contribution in [1.29, 1.82) is 0 Å². The predicted molar refractivity (Wildman–Crippen MR) is 179 cm³/mol. The summed E-state index contributed by atoms with van der Waals surface area (Å²) in [6.07, 6.45) is 1.78. The highest BCUT2D eigenvalue weighted by molar-refractivity contribution is 7.92. The Morgan fingerprint density at radius 2 is 1.74 bits per heavy atom. The van der Waals surface area contributed by atoms with Gasteiger partial charge in [-0.05, 0) is 61.7 Å². The first-order chi connectivity index (χ1) is 21.7. The molecule has 0 bridgehead atoms. The maximum absolute atomic E-state index is 14.3. The molecular formula is C31H35Cl3N4O7S. The van der Waals surface area contributed by atoms with Crippen molar-refractivity contribution in [2.24, 2.45) is 0 Å². The summed E-state index contributed by atoms with van der Waals surface area (Å²) in [5.41, 5.74) is 0.300. The molecule has 0 unspecified atom stereocenters. The summed E-state index contributed by atoms with van der Waals surface area (Å²) in [4.78, 5) is 39.5. The van der Waals surface area contributed by atoms with Crippen LogP contribution in [0.1, 0.15) is 44.2 Å². The molecule has 15 heteroatoms. The van der Waals surface area contributed by atoms with E-state index in [2.05, 4.69) is 5.32 Å². The van der Waals surface area contributed by atoms with E-state index in [1.54, 1.807) is 25.1 Å². The molecule has 0 aromatic heterocycles. The number of amides is 2. The lowest BCUT2D eigenvalue weighted by molar-refractivity contribution is -0.385. The van der Waals surface area contributed by atoms with Crippen LogP contribution in [0.3, 0.4) is 0 Å². The minimum Gasteiger partial charge on any atom is -0.495 e. The summed E-state index contributed by atoms with van der Waals surface area (Å²) in [6.45, 7) is 4.68. The van der Waals surface area contributed by atoms with E-state index < -0.39 is 49.9 Å². The van der Waals surface area contributed by atoms with E-state index in [-0.39, 0.29) is 40.0 Å². The lowest BCUT2D eigenvalue weighted by Crippen LogP contribution is -2.52. The Bertz CT molecular complexity index is 1710. The van der Waals surface area contributed by atoms with Gasteiger partial charge in [-0.1, -0.05) is 67.2 Å². The minimum atomic E-state index is -4.66. The second kappa shape index (κ2) is 16.3. The largest absolute Gasteiger partial charge is 0.495 e. The Labute approximate surface area is 283 Å². The van der Waals surface area contributed by atoms with Crippen molar-refractivity contribution < 1.29 is 27.7 Å². The van der Waals surface area contributed by atoms with Crippen LogP contribution in [0.5, 0.6) is 5.75 Å². The summed E-state index contributed by atoms with van der Waals surface area (Å²) < 4.78 is 34.7. The lowest BCUT2D eigenvalue weighted by Gasteiger charge is -2.33. The fourth-order valence-corrected chi connectivity index (χ4v) is 6.63. The van der Waals surface area contributed by atoms with Crippen LogP contribution in [0.2, 0.25) is 15.1 Å². The van der Waals surface area contributed by atoms with Crippen molar-refractivity contribution in [2.75, 3.05) is 24.5 Å². The molecular weight excluding hydrogens is 679 g/mol. The Hall–Kier alpha value is -3.58. The standard InChI is InChI=1S/C31H35Cl3N4O7S/c1-5-7-14-35-31(40)26(6-2)36(18-21-9-12-24(33)25(34)15-21)30(39)19-37(28-16-22(32)10-13-29(28)45-4)46(43,44)23-11-8-20(3)27(17-23)38(41)42/h8-13,15-17,26H,5-7,14,18-19H2,1-4H3,(H,35,40)/t26-/m1/s1. The van der Waals surface area contributed by atoms with Gasteiger partial charge in [0.1, 0.15) is 18.3 Å². The second-order valence-corrected chi connectivity index (χ2v) is 13.5. The van der Waals surface area contributed by atoms with Gasteiger partial charge in [-0.15, -0.1) is 0 Å². The van der Waals surface area contributed by atoms with E-state index >= 15 is 0 Å². The van der Waals surface area contributed by atoms with Crippen molar-refractivity contribution in [2.45, 2.75) is 57.5 Å². The molecule has 248 valence electrons. The van der Waals surface area contributed by atoms with Gasteiger partial charge in [0.05, 0.1) is 32.7 Å². The summed E-state index contributed by atoms with van der Waals surface area (Å²) in [5.74, 6) is -1.08. The second-order valence-electron chi connectivity index (χ2n) is 10.4. The molecule has 11 nitrogen and oxygen atoms in total. The third-order valence-electron chi connectivity index (χ3n) is 7.21. The van der Waals surface area contributed by atoms with Gasteiger partial charge in [0, 0.05) is 29.7 Å². The zero-order chi connectivity index (χ0) is 34.2. The highest BCUT2D eigenvalue weighted by atomic mass is 35.5. The molecule has 0 aliphatic rings. The first-order valence-electron chi connectivity index (χ1n) is 14.4. The number of benzene rings is 3. The number of anilines is 1. The molecule has 1 atom stereocenters. The number of methoxy groups -OCH3 is 1. The number of nitro groups is 1. The van der Waals surface area contributed by atoms with Crippen LogP contribution in [-0.4, -0.2) is 56.3 Å². The molecule has 2 amide bonds. The molecule has 0 aliphatic heterocycles.